The Hall–Kier alpha value is -1.75. The Morgan fingerprint density at radius 1 is 1.03 bits per heavy atom. The summed E-state index contributed by atoms with van der Waals surface area (Å²) >= 11 is 0. The second-order valence-electron chi connectivity index (χ2n) is 10.7. The number of rotatable bonds is 0. The minimum Gasteiger partial charge on any atom is -0.459 e. The van der Waals surface area contributed by atoms with E-state index in [1.807, 2.05) is 20.8 Å². The van der Waals surface area contributed by atoms with Gasteiger partial charge >= 0.3 is 17.9 Å². The van der Waals surface area contributed by atoms with Crippen LogP contribution in [0.3, 0.4) is 0 Å². The van der Waals surface area contributed by atoms with Crippen LogP contribution < -0.4 is 0 Å². The van der Waals surface area contributed by atoms with Gasteiger partial charge in [-0.15, -0.1) is 0 Å². The van der Waals surface area contributed by atoms with Crippen molar-refractivity contribution in [2.24, 2.45) is 28.1 Å². The molecule has 0 aromatic rings. The third-order valence-electron chi connectivity index (χ3n) is 8.91. The largest absolute Gasteiger partial charge is 0.459 e. The normalized spacial score (nSPS) is 60.1. The van der Waals surface area contributed by atoms with E-state index in [4.69, 9.17) is 18.9 Å². The summed E-state index contributed by atoms with van der Waals surface area (Å²) in [4.78, 5) is 38.2. The van der Waals surface area contributed by atoms with Gasteiger partial charge in [0.2, 0.25) is 11.9 Å². The average Bonchev–Trinajstić information content (AvgIpc) is 3.32. The van der Waals surface area contributed by atoms with Gasteiger partial charge < -0.3 is 34.3 Å². The molecule has 4 saturated heterocycles. The highest BCUT2D eigenvalue weighted by Crippen LogP contribution is 2.84. The summed E-state index contributed by atoms with van der Waals surface area (Å²) < 4.78 is 22.6. The van der Waals surface area contributed by atoms with Crippen LogP contribution in [0.25, 0.3) is 0 Å². The Morgan fingerprint density at radius 3 is 2.33 bits per heavy atom. The maximum Gasteiger partial charge on any atom is 0.342 e. The average molecular weight is 424 g/mol. The van der Waals surface area contributed by atoms with Gasteiger partial charge in [-0.1, -0.05) is 20.8 Å². The van der Waals surface area contributed by atoms with Crippen LogP contribution in [-0.2, 0) is 33.3 Å². The smallest absolute Gasteiger partial charge is 0.342 e. The summed E-state index contributed by atoms with van der Waals surface area (Å²) in [6, 6.07) is 0. The van der Waals surface area contributed by atoms with E-state index in [0.29, 0.717) is 0 Å². The van der Waals surface area contributed by atoms with Crippen molar-refractivity contribution in [3.63, 3.8) is 0 Å². The highest BCUT2D eigenvalue weighted by atomic mass is 16.8. The fourth-order valence-corrected chi connectivity index (χ4v) is 8.22. The molecule has 4 aliphatic heterocycles. The van der Waals surface area contributed by atoms with E-state index < -0.39 is 87.9 Å². The maximum absolute atomic E-state index is 13.4. The molecule has 164 valence electrons. The number of ether oxygens (including phenoxy) is 4. The van der Waals surface area contributed by atoms with Gasteiger partial charge in [0.1, 0.15) is 12.2 Å². The van der Waals surface area contributed by atoms with Crippen LogP contribution in [0.1, 0.15) is 34.1 Å². The van der Waals surface area contributed by atoms with E-state index in [-0.39, 0.29) is 6.42 Å². The van der Waals surface area contributed by atoms with Crippen molar-refractivity contribution in [1.29, 1.82) is 0 Å². The van der Waals surface area contributed by atoms with Crippen LogP contribution in [0.5, 0.6) is 0 Å². The lowest BCUT2D eigenvalue weighted by Gasteiger charge is -2.46. The zero-order valence-corrected chi connectivity index (χ0v) is 16.9. The van der Waals surface area contributed by atoms with Crippen molar-refractivity contribution in [3.05, 3.63) is 0 Å². The fourth-order valence-electron chi connectivity index (χ4n) is 8.22. The Morgan fingerprint density at radius 2 is 1.70 bits per heavy atom. The lowest BCUT2D eigenvalue weighted by atomic mass is 9.51. The van der Waals surface area contributed by atoms with Gasteiger partial charge in [-0.3, -0.25) is 4.79 Å². The molecule has 0 bridgehead atoms. The van der Waals surface area contributed by atoms with E-state index in [9.17, 15) is 29.7 Å². The number of aliphatic hydroxyl groups excluding tert-OH is 2. The molecule has 6 aliphatic rings. The van der Waals surface area contributed by atoms with Gasteiger partial charge in [-0.05, 0) is 12.3 Å². The van der Waals surface area contributed by atoms with E-state index in [1.54, 1.807) is 0 Å². The minimum atomic E-state index is -2.12. The molecule has 3 unspecified atom stereocenters. The zero-order valence-electron chi connectivity index (χ0n) is 16.9. The van der Waals surface area contributed by atoms with Crippen LogP contribution in [0.15, 0.2) is 0 Å². The summed E-state index contributed by atoms with van der Waals surface area (Å²) in [5, 5.41) is 34.4. The standard InChI is InChI=1S/C20H24O10/c1-6-12(23)27-7-5-17-11-8(21)9(16(2,3)4)18(17)10(22)13(24)29-15(18)30-20(17,14(25)28-11)19(6,7)26/h6-11,15,21-22,26H,5H2,1-4H3/t6-,7+,8-,9+,10?,11-,15+,17?,18?,19-,20+/m1/s1. The predicted molar refractivity (Wildman–Crippen MR) is 92.0 cm³/mol. The van der Waals surface area contributed by atoms with E-state index in [0.717, 1.165) is 0 Å². The number of hydrogen-bond donors (Lipinski definition) is 3. The van der Waals surface area contributed by atoms with Crippen LogP contribution >= 0.6 is 0 Å². The van der Waals surface area contributed by atoms with Crippen molar-refractivity contribution in [2.45, 2.75) is 76.0 Å². The maximum atomic E-state index is 13.4. The Bertz CT molecular complexity index is 925. The van der Waals surface area contributed by atoms with Crippen LogP contribution in [0, 0.1) is 28.1 Å². The van der Waals surface area contributed by atoms with Gasteiger partial charge in [-0.25, -0.2) is 9.59 Å². The molecule has 3 N–H and O–H groups in total. The number of hydrogen-bond acceptors (Lipinski definition) is 10. The predicted octanol–water partition coefficient (Wildman–Crippen LogP) is -1.37. The van der Waals surface area contributed by atoms with E-state index >= 15 is 0 Å². The van der Waals surface area contributed by atoms with Crippen molar-refractivity contribution < 1.29 is 48.7 Å². The van der Waals surface area contributed by atoms with Crippen molar-refractivity contribution in [3.8, 4) is 0 Å². The second kappa shape index (κ2) is 4.69. The molecule has 0 radical (unpaired) electrons. The molecule has 4 heterocycles. The first-order chi connectivity index (χ1) is 13.8. The third kappa shape index (κ3) is 1.35. The Balaban J connectivity index is 1.71. The summed E-state index contributed by atoms with van der Waals surface area (Å²) in [5.74, 6) is -4.43. The molecule has 11 atom stereocenters. The van der Waals surface area contributed by atoms with Crippen LogP contribution in [-0.4, -0.2) is 75.1 Å². The molecule has 0 aromatic heterocycles. The monoisotopic (exact) mass is 424 g/mol. The highest BCUT2D eigenvalue weighted by molar-refractivity contribution is 5.93. The topological polar surface area (TPSA) is 149 Å². The summed E-state index contributed by atoms with van der Waals surface area (Å²) in [6.07, 6.45) is -6.73. The lowest BCUT2D eigenvalue weighted by molar-refractivity contribution is -0.239. The Labute approximate surface area is 171 Å². The van der Waals surface area contributed by atoms with Gasteiger partial charge in [0.05, 0.1) is 22.9 Å². The number of carbonyl (C=O) groups is 3. The van der Waals surface area contributed by atoms with E-state index in [1.165, 1.54) is 6.92 Å². The van der Waals surface area contributed by atoms with Crippen molar-refractivity contribution in [1.82, 2.24) is 0 Å². The third-order valence-corrected chi connectivity index (χ3v) is 8.91. The van der Waals surface area contributed by atoms with Gasteiger partial charge in [-0.2, -0.15) is 0 Å². The molecule has 0 aromatic carbocycles. The summed E-state index contributed by atoms with van der Waals surface area (Å²) in [6.45, 7) is 6.97. The number of fused-ring (bicyclic) bond motifs is 1. The fraction of sp³-hybridized carbons (Fsp3) is 0.850. The van der Waals surface area contributed by atoms with Crippen molar-refractivity contribution >= 4 is 17.9 Å². The molecular weight excluding hydrogens is 400 g/mol. The first-order valence-electron chi connectivity index (χ1n) is 10.2. The quantitative estimate of drug-likeness (QED) is 0.314. The number of aliphatic hydroxyl groups is 3. The SMILES string of the molecule is C[C@@H]1C(=O)O[C@H]2CC34[C@@H]5OC(=O)[C@@]3(O[C@@H]3OC(=O)C(O)C34[C@H](C(C)(C)C)[C@H]5O)[C@]21O. The molecule has 10 heteroatoms. The summed E-state index contributed by atoms with van der Waals surface area (Å²) in [7, 11) is 0. The van der Waals surface area contributed by atoms with Gasteiger partial charge in [0.25, 0.3) is 0 Å². The summed E-state index contributed by atoms with van der Waals surface area (Å²) in [5.41, 5.74) is -7.95. The van der Waals surface area contributed by atoms with Gasteiger partial charge in [0.15, 0.2) is 11.7 Å². The molecule has 2 saturated carbocycles. The first-order valence-corrected chi connectivity index (χ1v) is 10.2. The lowest BCUT2D eigenvalue weighted by Crippen LogP contribution is -2.66. The Kier molecular flexibility index (Phi) is 2.97. The molecule has 6 fully saturated rings. The molecular formula is C20H24O10. The molecule has 0 amide bonds. The first kappa shape index (κ1) is 19.0. The molecule has 30 heavy (non-hydrogen) atoms. The van der Waals surface area contributed by atoms with Gasteiger partial charge in [0, 0.05) is 12.3 Å². The van der Waals surface area contributed by atoms with E-state index in [2.05, 4.69) is 0 Å². The zero-order chi connectivity index (χ0) is 21.8. The molecule has 6 rings (SSSR count). The van der Waals surface area contributed by atoms with Crippen LogP contribution in [0.4, 0.5) is 0 Å². The molecule has 2 aliphatic carbocycles. The highest BCUT2D eigenvalue weighted by Gasteiger charge is 3.02. The van der Waals surface area contributed by atoms with Crippen molar-refractivity contribution in [2.75, 3.05) is 0 Å². The van der Waals surface area contributed by atoms with Crippen LogP contribution in [0.2, 0.25) is 0 Å². The molecule has 10 nitrogen and oxygen atoms in total. The minimum absolute atomic E-state index is 0.107. The molecule has 2 spiro atoms. The second-order valence-corrected chi connectivity index (χ2v) is 10.7. The number of carbonyl (C=O) groups excluding carboxylic acids is 3. The number of esters is 3.